The van der Waals surface area contributed by atoms with Gasteiger partial charge in [0.2, 0.25) is 0 Å². The van der Waals surface area contributed by atoms with Crippen LogP contribution in [0.4, 0.5) is 0 Å². The lowest BCUT2D eigenvalue weighted by Crippen LogP contribution is -2.31. The number of rotatable bonds is 3. The molecule has 0 radical (unpaired) electrons. The fraction of sp³-hybridized carbons (Fsp3) is 0.611. The molecule has 2 aromatic heterocycles. The number of aromatic nitrogens is 4. The van der Waals surface area contributed by atoms with Crippen molar-refractivity contribution >= 4 is 5.91 Å². The van der Waals surface area contributed by atoms with Crippen LogP contribution in [0.1, 0.15) is 71.9 Å². The Kier molecular flexibility index (Phi) is 4.57. The highest BCUT2D eigenvalue weighted by molar-refractivity contribution is 5.95. The van der Waals surface area contributed by atoms with Crippen LogP contribution in [-0.4, -0.2) is 42.4 Å². The number of aryl methyl sites for hydroxylation is 1. The number of hydrogen-bond acceptors (Lipinski definition) is 4. The largest absolute Gasteiger partial charge is 0.390 e. The van der Waals surface area contributed by atoms with Gasteiger partial charge in [0.05, 0.1) is 42.0 Å². The van der Waals surface area contributed by atoms with Crippen LogP contribution in [0.15, 0.2) is 12.3 Å². The summed E-state index contributed by atoms with van der Waals surface area (Å²) in [6, 6.07) is 1.89. The maximum absolute atomic E-state index is 13.2. The summed E-state index contributed by atoms with van der Waals surface area (Å²) < 4.78 is 1.91. The summed E-state index contributed by atoms with van der Waals surface area (Å²) in [5.41, 5.74) is 3.38. The van der Waals surface area contributed by atoms with Gasteiger partial charge in [-0.05, 0) is 25.3 Å². The fourth-order valence-electron chi connectivity index (χ4n) is 4.11. The van der Waals surface area contributed by atoms with E-state index in [0.29, 0.717) is 24.7 Å². The van der Waals surface area contributed by atoms with Crippen LogP contribution in [0.2, 0.25) is 0 Å². The van der Waals surface area contributed by atoms with Crippen molar-refractivity contribution in [3.8, 4) is 0 Å². The standard InChI is InChI=1S/C18H25N5O2/c24-12-14-9-15-11-22(7-4-8-23(15)21-14)18(25)16-10-19-20-17(16)13-5-2-1-3-6-13/h9-10,13,24H,1-8,11-12H2,(H,19,20). The third kappa shape index (κ3) is 3.20. The molecular formula is C18H25N5O2. The lowest BCUT2D eigenvalue weighted by atomic mass is 9.85. The molecule has 0 atom stereocenters. The quantitative estimate of drug-likeness (QED) is 0.894. The molecule has 1 aliphatic carbocycles. The predicted octanol–water partition coefficient (Wildman–Crippen LogP) is 2.19. The molecule has 0 spiro atoms. The van der Waals surface area contributed by atoms with Crippen molar-refractivity contribution in [1.29, 1.82) is 0 Å². The highest BCUT2D eigenvalue weighted by atomic mass is 16.3. The van der Waals surface area contributed by atoms with Gasteiger partial charge in [-0.25, -0.2) is 0 Å². The first-order valence-electron chi connectivity index (χ1n) is 9.25. The molecule has 0 bridgehead atoms. The zero-order valence-corrected chi connectivity index (χ0v) is 14.4. The van der Waals surface area contributed by atoms with E-state index in [1.807, 2.05) is 15.6 Å². The summed E-state index contributed by atoms with van der Waals surface area (Å²) in [7, 11) is 0. The number of carbonyl (C=O) groups is 1. The van der Waals surface area contributed by atoms with Gasteiger partial charge in [0.25, 0.3) is 5.91 Å². The van der Waals surface area contributed by atoms with E-state index in [1.165, 1.54) is 19.3 Å². The van der Waals surface area contributed by atoms with Crippen molar-refractivity contribution in [3.05, 3.63) is 34.9 Å². The average Bonchev–Trinajstić information content (AvgIpc) is 3.24. The Bertz CT molecular complexity index is 744. The summed E-state index contributed by atoms with van der Waals surface area (Å²) >= 11 is 0. The number of aromatic amines is 1. The van der Waals surface area contributed by atoms with Crippen molar-refractivity contribution < 1.29 is 9.90 Å². The Morgan fingerprint density at radius 1 is 1.24 bits per heavy atom. The Balaban J connectivity index is 1.55. The molecule has 7 heteroatoms. The van der Waals surface area contributed by atoms with Crippen molar-refractivity contribution in [2.75, 3.05) is 6.54 Å². The second-order valence-corrected chi connectivity index (χ2v) is 7.12. The Morgan fingerprint density at radius 2 is 2.08 bits per heavy atom. The summed E-state index contributed by atoms with van der Waals surface area (Å²) in [5, 5.41) is 21.0. The Hall–Kier alpha value is -2.15. The molecule has 1 saturated carbocycles. The van der Waals surface area contributed by atoms with Crippen molar-refractivity contribution in [1.82, 2.24) is 24.9 Å². The molecule has 0 aromatic carbocycles. The summed E-state index contributed by atoms with van der Waals surface area (Å²) in [6.07, 6.45) is 8.56. The van der Waals surface area contributed by atoms with Gasteiger partial charge in [0.15, 0.2) is 0 Å². The minimum absolute atomic E-state index is 0.0505. The molecule has 0 saturated heterocycles. The summed E-state index contributed by atoms with van der Waals surface area (Å²) in [5.74, 6) is 0.475. The molecular weight excluding hydrogens is 318 g/mol. The molecule has 1 fully saturated rings. The van der Waals surface area contributed by atoms with E-state index in [2.05, 4.69) is 15.3 Å². The minimum atomic E-state index is -0.0680. The topological polar surface area (TPSA) is 87.0 Å². The normalized spacial score (nSPS) is 18.8. The smallest absolute Gasteiger partial charge is 0.257 e. The van der Waals surface area contributed by atoms with E-state index >= 15 is 0 Å². The van der Waals surface area contributed by atoms with Crippen LogP contribution in [0.3, 0.4) is 0 Å². The average molecular weight is 343 g/mol. The molecule has 2 aromatic rings. The van der Waals surface area contributed by atoms with Crippen LogP contribution >= 0.6 is 0 Å². The van der Waals surface area contributed by atoms with Crippen molar-refractivity contribution in [2.45, 2.75) is 64.1 Å². The van der Waals surface area contributed by atoms with Gasteiger partial charge in [-0.1, -0.05) is 19.3 Å². The third-order valence-electron chi connectivity index (χ3n) is 5.43. The number of fused-ring (bicyclic) bond motifs is 1. The lowest BCUT2D eigenvalue weighted by molar-refractivity contribution is 0.0744. The molecule has 4 rings (SSSR count). The second-order valence-electron chi connectivity index (χ2n) is 7.12. The van der Waals surface area contributed by atoms with E-state index in [4.69, 9.17) is 0 Å². The monoisotopic (exact) mass is 343 g/mol. The predicted molar refractivity (Wildman–Crippen MR) is 91.9 cm³/mol. The number of nitrogens with zero attached hydrogens (tertiary/aromatic N) is 4. The zero-order valence-electron chi connectivity index (χ0n) is 14.4. The van der Waals surface area contributed by atoms with E-state index < -0.39 is 0 Å². The number of aliphatic hydroxyl groups is 1. The first-order valence-corrected chi connectivity index (χ1v) is 9.25. The van der Waals surface area contributed by atoms with Gasteiger partial charge >= 0.3 is 0 Å². The Morgan fingerprint density at radius 3 is 2.88 bits per heavy atom. The zero-order chi connectivity index (χ0) is 17.2. The van der Waals surface area contributed by atoms with Crippen LogP contribution < -0.4 is 0 Å². The molecule has 134 valence electrons. The van der Waals surface area contributed by atoms with Crippen LogP contribution in [0.25, 0.3) is 0 Å². The number of carbonyl (C=O) groups excluding carboxylic acids is 1. The summed E-state index contributed by atoms with van der Waals surface area (Å²) in [6.45, 7) is 1.95. The van der Waals surface area contributed by atoms with Gasteiger partial charge in [0.1, 0.15) is 0 Å². The minimum Gasteiger partial charge on any atom is -0.390 e. The van der Waals surface area contributed by atoms with Crippen molar-refractivity contribution in [3.63, 3.8) is 0 Å². The third-order valence-corrected chi connectivity index (χ3v) is 5.43. The van der Waals surface area contributed by atoms with Crippen LogP contribution in [0.5, 0.6) is 0 Å². The molecule has 1 aliphatic heterocycles. The molecule has 2 N–H and O–H groups in total. The van der Waals surface area contributed by atoms with Gasteiger partial charge in [0, 0.05) is 19.0 Å². The first kappa shape index (κ1) is 16.3. The van der Waals surface area contributed by atoms with E-state index in [0.717, 1.165) is 42.8 Å². The first-order chi connectivity index (χ1) is 12.3. The van der Waals surface area contributed by atoms with Crippen molar-refractivity contribution in [2.24, 2.45) is 0 Å². The van der Waals surface area contributed by atoms with E-state index in [1.54, 1.807) is 6.20 Å². The maximum atomic E-state index is 13.2. The van der Waals surface area contributed by atoms with E-state index in [9.17, 15) is 9.90 Å². The van der Waals surface area contributed by atoms with Gasteiger partial charge in [-0.15, -0.1) is 0 Å². The number of amides is 1. The highest BCUT2D eigenvalue weighted by Crippen LogP contribution is 2.33. The molecule has 2 aliphatic rings. The molecule has 7 nitrogen and oxygen atoms in total. The number of aliphatic hydroxyl groups excluding tert-OH is 1. The number of nitrogens with one attached hydrogen (secondary N) is 1. The van der Waals surface area contributed by atoms with Crippen LogP contribution in [-0.2, 0) is 19.7 Å². The molecule has 0 unspecified atom stereocenters. The highest BCUT2D eigenvalue weighted by Gasteiger charge is 2.28. The SMILES string of the molecule is O=C(c1cn[nH]c1C1CCCCC1)N1CCCn2nc(CO)cc2C1. The fourth-order valence-corrected chi connectivity index (χ4v) is 4.11. The molecule has 1 amide bonds. The van der Waals surface area contributed by atoms with Gasteiger partial charge in [-0.2, -0.15) is 10.2 Å². The summed E-state index contributed by atoms with van der Waals surface area (Å²) in [4.78, 5) is 15.0. The Labute approximate surface area is 147 Å². The van der Waals surface area contributed by atoms with Gasteiger partial charge in [-0.3, -0.25) is 14.6 Å². The maximum Gasteiger partial charge on any atom is 0.257 e. The van der Waals surface area contributed by atoms with E-state index in [-0.39, 0.29) is 12.5 Å². The second kappa shape index (κ2) is 7.00. The number of hydrogen-bond donors (Lipinski definition) is 2. The van der Waals surface area contributed by atoms with Gasteiger partial charge < -0.3 is 10.0 Å². The lowest BCUT2D eigenvalue weighted by Gasteiger charge is -2.24. The number of H-pyrrole nitrogens is 1. The van der Waals surface area contributed by atoms with Crippen LogP contribution in [0, 0.1) is 0 Å². The molecule has 25 heavy (non-hydrogen) atoms. The molecule has 3 heterocycles.